The zero-order chi connectivity index (χ0) is 22.8. The van der Waals surface area contributed by atoms with E-state index in [1.54, 1.807) is 6.92 Å². The number of fused-ring (bicyclic) bond motifs is 3. The average molecular weight is 459 g/mol. The lowest BCUT2D eigenvalue weighted by atomic mass is 9.99. The fraction of sp³-hybridized carbons (Fsp3) is 0.120. The number of hydroxylamine groups is 1. The van der Waals surface area contributed by atoms with Crippen LogP contribution in [0.5, 0.6) is 0 Å². The molecule has 0 bridgehead atoms. The number of urea groups is 1. The second-order valence-corrected chi connectivity index (χ2v) is 8.14. The number of benzene rings is 3. The molecule has 1 atom stereocenters. The Morgan fingerprint density at radius 1 is 1.00 bits per heavy atom. The number of quaternary nitrogens is 1. The molecule has 2 amide bonds. The molecule has 33 heavy (non-hydrogen) atoms. The van der Waals surface area contributed by atoms with Crippen molar-refractivity contribution in [3.05, 3.63) is 101 Å². The van der Waals surface area contributed by atoms with Gasteiger partial charge in [-0.25, -0.2) is 4.79 Å². The number of nitrogens with zero attached hydrogens (tertiary/aromatic N) is 4. The summed E-state index contributed by atoms with van der Waals surface area (Å²) < 4.78 is -0.300. The monoisotopic (exact) mass is 458 g/mol. The third-order valence-electron chi connectivity index (χ3n) is 5.75. The van der Waals surface area contributed by atoms with Crippen molar-refractivity contribution in [3.8, 4) is 0 Å². The first-order valence-electron chi connectivity index (χ1n) is 10.5. The molecule has 0 saturated carbocycles. The molecule has 8 heteroatoms. The fourth-order valence-electron chi connectivity index (χ4n) is 4.16. The van der Waals surface area contributed by atoms with Gasteiger partial charge in [-0.05, 0) is 23.8 Å². The van der Waals surface area contributed by atoms with Gasteiger partial charge in [-0.15, -0.1) is 4.48 Å². The number of hydrogen-bond acceptors (Lipinski definition) is 5. The van der Waals surface area contributed by atoms with E-state index in [-0.39, 0.29) is 17.6 Å². The Morgan fingerprint density at radius 3 is 2.52 bits per heavy atom. The van der Waals surface area contributed by atoms with E-state index in [0.717, 1.165) is 22.4 Å². The molecule has 7 nitrogen and oxygen atoms in total. The van der Waals surface area contributed by atoms with Crippen molar-refractivity contribution in [2.24, 2.45) is 15.2 Å². The van der Waals surface area contributed by atoms with Crippen molar-refractivity contribution in [1.82, 2.24) is 9.96 Å². The zero-order valence-electron chi connectivity index (χ0n) is 17.9. The minimum Gasteiger partial charge on any atom is -0.271 e. The van der Waals surface area contributed by atoms with Crippen LogP contribution in [-0.4, -0.2) is 30.0 Å². The van der Waals surface area contributed by atoms with E-state index < -0.39 is 6.03 Å². The van der Waals surface area contributed by atoms with Gasteiger partial charge in [0.15, 0.2) is 5.69 Å². The minimum atomic E-state index is -0.400. The van der Waals surface area contributed by atoms with Gasteiger partial charge in [0.1, 0.15) is 6.54 Å². The van der Waals surface area contributed by atoms with Crippen molar-refractivity contribution >= 4 is 40.7 Å². The van der Waals surface area contributed by atoms with E-state index in [1.807, 2.05) is 78.9 Å². The quantitative estimate of drug-likeness (QED) is 0.437. The largest absolute Gasteiger partial charge is 0.457 e. The molecule has 2 aliphatic heterocycles. The maximum absolute atomic E-state index is 13.7. The smallest absolute Gasteiger partial charge is 0.271 e. The van der Waals surface area contributed by atoms with Crippen LogP contribution in [0.1, 0.15) is 23.6 Å². The van der Waals surface area contributed by atoms with Crippen LogP contribution in [0.2, 0.25) is 5.02 Å². The highest BCUT2D eigenvalue weighted by Gasteiger charge is 2.54. The van der Waals surface area contributed by atoms with E-state index >= 15 is 0 Å². The van der Waals surface area contributed by atoms with E-state index in [1.165, 1.54) is 0 Å². The van der Waals surface area contributed by atoms with Gasteiger partial charge >= 0.3 is 6.03 Å². The summed E-state index contributed by atoms with van der Waals surface area (Å²) >= 11 is 6.09. The van der Waals surface area contributed by atoms with Gasteiger partial charge in [0.25, 0.3) is 5.84 Å². The molecule has 0 spiro atoms. The molecule has 0 saturated heterocycles. The number of carbonyl (C=O) groups is 1. The number of rotatable bonds is 4. The Balaban J connectivity index is 1.54. The summed E-state index contributed by atoms with van der Waals surface area (Å²) in [4.78, 5) is 24.1. The molecule has 0 fully saturated rings. The van der Waals surface area contributed by atoms with Crippen molar-refractivity contribution in [2.75, 3.05) is 6.54 Å². The molecule has 3 aromatic carbocycles. The second-order valence-electron chi connectivity index (χ2n) is 7.70. The summed E-state index contributed by atoms with van der Waals surface area (Å²) in [6.45, 7) is 2.24. The van der Waals surface area contributed by atoms with Gasteiger partial charge < -0.3 is 0 Å². The van der Waals surface area contributed by atoms with Crippen molar-refractivity contribution in [2.45, 2.75) is 13.5 Å². The molecule has 0 aliphatic carbocycles. The van der Waals surface area contributed by atoms with Crippen LogP contribution in [0.4, 0.5) is 10.5 Å². The van der Waals surface area contributed by atoms with E-state index in [4.69, 9.17) is 21.4 Å². The SMILES string of the molecule is CC1=NN=C2CN=C(c3ccc(Cl)cc3)c3ccccc3[N+]12C(=O)NOCc1ccccc1. The lowest BCUT2D eigenvalue weighted by Crippen LogP contribution is -2.64. The van der Waals surface area contributed by atoms with Gasteiger partial charge in [0.05, 0.1) is 17.9 Å². The highest BCUT2D eigenvalue weighted by molar-refractivity contribution is 6.33. The Hall–Kier alpha value is -3.65. The van der Waals surface area contributed by atoms with Crippen LogP contribution < -0.4 is 9.96 Å². The molecule has 0 radical (unpaired) electrons. The zero-order valence-corrected chi connectivity index (χ0v) is 18.7. The number of hydrogen-bond donors (Lipinski definition) is 1. The normalized spacial score (nSPS) is 18.9. The van der Waals surface area contributed by atoms with E-state index in [0.29, 0.717) is 22.4 Å². The maximum Gasteiger partial charge on any atom is 0.457 e. The van der Waals surface area contributed by atoms with Crippen LogP contribution in [0.3, 0.4) is 0 Å². The molecule has 2 aliphatic rings. The summed E-state index contributed by atoms with van der Waals surface area (Å²) in [6, 6.07) is 24.4. The Bertz CT molecular complexity index is 1300. The molecule has 1 N–H and O–H groups in total. The van der Waals surface area contributed by atoms with Crippen LogP contribution >= 0.6 is 11.6 Å². The fourth-order valence-corrected chi connectivity index (χ4v) is 4.28. The summed E-state index contributed by atoms with van der Waals surface area (Å²) in [5.74, 6) is 1.02. The number of para-hydroxylation sites is 1. The number of carbonyl (C=O) groups excluding carboxylic acids is 1. The highest BCUT2D eigenvalue weighted by Crippen LogP contribution is 2.36. The molecular weight excluding hydrogens is 438 g/mol. The predicted molar refractivity (Wildman–Crippen MR) is 131 cm³/mol. The molecular formula is C25H21ClN5O2+. The topological polar surface area (TPSA) is 75.4 Å². The maximum atomic E-state index is 13.7. The van der Waals surface area contributed by atoms with Gasteiger partial charge in [-0.3, -0.25) is 9.83 Å². The summed E-state index contributed by atoms with van der Waals surface area (Å²) in [5.41, 5.74) is 6.78. The number of nitrogens with one attached hydrogen (secondary N) is 1. The summed E-state index contributed by atoms with van der Waals surface area (Å²) in [7, 11) is 0. The van der Waals surface area contributed by atoms with Crippen LogP contribution in [0, 0.1) is 0 Å². The standard InChI is InChI=1S/C25H20ClN5O2/c1-17-28-29-23-15-27-24(19-11-13-20(26)14-12-19)21-9-5-6-10-22(21)31(17,23)25(32)30-33-16-18-7-3-2-4-8-18/h2-14H,15-16H2,1H3/p+1. The number of halogens is 1. The molecule has 3 aromatic rings. The van der Waals surface area contributed by atoms with Crippen molar-refractivity contribution < 1.29 is 9.63 Å². The van der Waals surface area contributed by atoms with Gasteiger partial charge in [0, 0.05) is 23.6 Å². The predicted octanol–water partition coefficient (Wildman–Crippen LogP) is 5.09. The Kier molecular flexibility index (Phi) is 5.60. The van der Waals surface area contributed by atoms with Crippen molar-refractivity contribution in [3.63, 3.8) is 0 Å². The molecule has 0 aromatic heterocycles. The van der Waals surface area contributed by atoms with Gasteiger partial charge in [-0.1, -0.05) is 76.4 Å². The highest BCUT2D eigenvalue weighted by atomic mass is 35.5. The molecule has 164 valence electrons. The van der Waals surface area contributed by atoms with Crippen LogP contribution in [0.25, 0.3) is 0 Å². The number of aliphatic imine (C=N–C) groups is 1. The first-order chi connectivity index (χ1) is 16.1. The summed E-state index contributed by atoms with van der Waals surface area (Å²) in [6.07, 6.45) is 0. The molecule has 1 unspecified atom stereocenters. The lowest BCUT2D eigenvalue weighted by molar-refractivity contribution is 0.0460. The number of amides is 2. The number of amidine groups is 2. The average Bonchev–Trinajstić information content (AvgIpc) is 3.09. The lowest BCUT2D eigenvalue weighted by Gasteiger charge is -2.29. The van der Waals surface area contributed by atoms with Gasteiger partial charge in [-0.2, -0.15) is 5.48 Å². The van der Waals surface area contributed by atoms with Gasteiger partial charge in [0.2, 0.25) is 5.84 Å². The van der Waals surface area contributed by atoms with E-state index in [2.05, 4.69) is 15.7 Å². The third-order valence-corrected chi connectivity index (χ3v) is 6.00. The third kappa shape index (κ3) is 3.66. The second kappa shape index (κ2) is 8.71. The summed E-state index contributed by atoms with van der Waals surface area (Å²) in [5, 5.41) is 9.24. The molecule has 5 rings (SSSR count). The van der Waals surface area contributed by atoms with Crippen molar-refractivity contribution in [1.29, 1.82) is 0 Å². The van der Waals surface area contributed by atoms with E-state index in [9.17, 15) is 4.79 Å². The van der Waals surface area contributed by atoms with Crippen LogP contribution in [0.15, 0.2) is 94.1 Å². The molecule has 2 heterocycles. The minimum absolute atomic E-state index is 0.208. The Morgan fingerprint density at radius 2 is 1.73 bits per heavy atom. The van der Waals surface area contributed by atoms with Crippen LogP contribution in [-0.2, 0) is 11.4 Å². The first-order valence-corrected chi connectivity index (χ1v) is 10.9. The first kappa shape index (κ1) is 21.2. The Labute approximate surface area is 196 Å².